The van der Waals surface area contributed by atoms with Gasteiger partial charge in [0.05, 0.1) is 18.6 Å². The van der Waals surface area contributed by atoms with Crippen molar-refractivity contribution in [2.24, 2.45) is 0 Å². The molecule has 74 valence electrons. The first-order valence-corrected chi connectivity index (χ1v) is 4.53. The van der Waals surface area contributed by atoms with Gasteiger partial charge >= 0.3 is 5.97 Å². The molecule has 3 heteroatoms. The van der Waals surface area contributed by atoms with Crippen molar-refractivity contribution in [3.05, 3.63) is 23.3 Å². The van der Waals surface area contributed by atoms with Crippen molar-refractivity contribution < 1.29 is 14.3 Å². The van der Waals surface area contributed by atoms with Crippen molar-refractivity contribution in [2.45, 2.75) is 19.8 Å². The lowest BCUT2D eigenvalue weighted by molar-refractivity contribution is -0.133. The van der Waals surface area contributed by atoms with E-state index in [0.29, 0.717) is 5.75 Å². The van der Waals surface area contributed by atoms with E-state index in [-0.39, 0.29) is 11.9 Å². The molecule has 1 atom stereocenters. The molecule has 14 heavy (non-hydrogen) atoms. The Morgan fingerprint density at radius 1 is 1.43 bits per heavy atom. The van der Waals surface area contributed by atoms with Crippen molar-refractivity contribution in [1.82, 2.24) is 0 Å². The number of hydrogen-bond acceptors (Lipinski definition) is 3. The first-order valence-electron chi connectivity index (χ1n) is 4.53. The molecule has 1 unspecified atom stereocenters. The van der Waals surface area contributed by atoms with Gasteiger partial charge in [0.15, 0.2) is 0 Å². The van der Waals surface area contributed by atoms with E-state index in [2.05, 4.69) is 0 Å². The van der Waals surface area contributed by atoms with E-state index in [1.807, 2.05) is 26.0 Å². The molecule has 3 nitrogen and oxygen atoms in total. The van der Waals surface area contributed by atoms with E-state index >= 15 is 0 Å². The number of hydrogen-bond donors (Lipinski definition) is 0. The first kappa shape index (κ1) is 9.06. The van der Waals surface area contributed by atoms with Gasteiger partial charge in [-0.05, 0) is 31.5 Å². The van der Waals surface area contributed by atoms with Crippen LogP contribution in [0.5, 0.6) is 11.5 Å². The quantitative estimate of drug-likeness (QED) is 0.504. The third-order valence-corrected chi connectivity index (χ3v) is 2.47. The Morgan fingerprint density at radius 2 is 2.14 bits per heavy atom. The predicted molar refractivity (Wildman–Crippen MR) is 51.8 cm³/mol. The molecule has 0 bridgehead atoms. The summed E-state index contributed by atoms with van der Waals surface area (Å²) in [5.41, 5.74) is 1.89. The molecule has 0 fully saturated rings. The number of rotatable bonds is 1. The van der Waals surface area contributed by atoms with Gasteiger partial charge in [-0.1, -0.05) is 0 Å². The molecular formula is C11H12O3. The average Bonchev–Trinajstić information content (AvgIpc) is 2.41. The molecule has 0 spiro atoms. The van der Waals surface area contributed by atoms with Crippen LogP contribution in [0, 0.1) is 6.92 Å². The summed E-state index contributed by atoms with van der Waals surface area (Å²) >= 11 is 0. The van der Waals surface area contributed by atoms with Crippen LogP contribution in [0.4, 0.5) is 0 Å². The summed E-state index contributed by atoms with van der Waals surface area (Å²) in [7, 11) is 1.60. The van der Waals surface area contributed by atoms with Crippen LogP contribution in [-0.4, -0.2) is 13.1 Å². The minimum atomic E-state index is -0.222. The van der Waals surface area contributed by atoms with E-state index in [4.69, 9.17) is 9.47 Å². The van der Waals surface area contributed by atoms with Gasteiger partial charge in [0, 0.05) is 0 Å². The highest BCUT2D eigenvalue weighted by atomic mass is 16.5. The van der Waals surface area contributed by atoms with Crippen molar-refractivity contribution >= 4 is 5.97 Å². The van der Waals surface area contributed by atoms with Crippen LogP contribution < -0.4 is 9.47 Å². The van der Waals surface area contributed by atoms with Crippen molar-refractivity contribution in [3.8, 4) is 11.5 Å². The molecule has 1 aliphatic heterocycles. The van der Waals surface area contributed by atoms with Gasteiger partial charge in [-0.15, -0.1) is 0 Å². The Kier molecular flexibility index (Phi) is 1.95. The van der Waals surface area contributed by atoms with E-state index < -0.39 is 0 Å². The maximum atomic E-state index is 11.3. The highest BCUT2D eigenvalue weighted by Crippen LogP contribution is 2.41. The molecule has 0 saturated carbocycles. The fourth-order valence-electron chi connectivity index (χ4n) is 1.73. The SMILES string of the molecule is COc1cc(C)cc2c1C(C)C(=O)O2. The highest BCUT2D eigenvalue weighted by molar-refractivity contribution is 5.87. The number of aryl methyl sites for hydroxylation is 1. The molecule has 0 radical (unpaired) electrons. The Labute approximate surface area is 82.6 Å². The summed E-state index contributed by atoms with van der Waals surface area (Å²) in [6.45, 7) is 3.77. The Bertz CT molecular complexity index is 396. The maximum absolute atomic E-state index is 11.3. The minimum absolute atomic E-state index is 0.205. The van der Waals surface area contributed by atoms with Crippen LogP contribution in [0.3, 0.4) is 0 Å². The average molecular weight is 192 g/mol. The normalized spacial score (nSPS) is 19.1. The Morgan fingerprint density at radius 3 is 2.79 bits per heavy atom. The lowest BCUT2D eigenvalue weighted by Gasteiger charge is -2.08. The van der Waals surface area contributed by atoms with Crippen LogP contribution >= 0.6 is 0 Å². The topological polar surface area (TPSA) is 35.5 Å². The molecule has 1 aromatic carbocycles. The molecule has 0 amide bonds. The predicted octanol–water partition coefficient (Wildman–Crippen LogP) is 2.03. The molecule has 0 aliphatic carbocycles. The van der Waals surface area contributed by atoms with Gasteiger partial charge in [-0.2, -0.15) is 0 Å². The largest absolute Gasteiger partial charge is 0.496 e. The number of fused-ring (bicyclic) bond motifs is 1. The third-order valence-electron chi connectivity index (χ3n) is 2.47. The smallest absolute Gasteiger partial charge is 0.318 e. The van der Waals surface area contributed by atoms with Gasteiger partial charge in [-0.25, -0.2) is 0 Å². The van der Waals surface area contributed by atoms with Crippen LogP contribution in [-0.2, 0) is 4.79 Å². The fraction of sp³-hybridized carbons (Fsp3) is 0.364. The van der Waals surface area contributed by atoms with Crippen molar-refractivity contribution in [1.29, 1.82) is 0 Å². The molecule has 0 N–H and O–H groups in total. The minimum Gasteiger partial charge on any atom is -0.496 e. The number of ether oxygens (including phenoxy) is 2. The van der Waals surface area contributed by atoms with Gasteiger partial charge in [0.2, 0.25) is 0 Å². The Hall–Kier alpha value is -1.51. The molecule has 0 aromatic heterocycles. The zero-order chi connectivity index (χ0) is 10.3. The van der Waals surface area contributed by atoms with Crippen LogP contribution in [0.1, 0.15) is 24.0 Å². The summed E-state index contributed by atoms with van der Waals surface area (Å²) in [6.07, 6.45) is 0. The van der Waals surface area contributed by atoms with E-state index in [1.165, 1.54) is 0 Å². The third kappa shape index (κ3) is 1.16. The maximum Gasteiger partial charge on any atom is 0.318 e. The lowest BCUT2D eigenvalue weighted by atomic mass is 10.0. The van der Waals surface area contributed by atoms with Gasteiger partial charge in [0.25, 0.3) is 0 Å². The lowest BCUT2D eigenvalue weighted by Crippen LogP contribution is -2.06. The molecule has 1 heterocycles. The number of methoxy groups -OCH3 is 1. The van der Waals surface area contributed by atoms with Gasteiger partial charge in [0.1, 0.15) is 11.5 Å². The summed E-state index contributed by atoms with van der Waals surface area (Å²) in [4.78, 5) is 11.3. The molecular weight excluding hydrogens is 180 g/mol. The molecule has 1 aromatic rings. The van der Waals surface area contributed by atoms with Gasteiger partial charge in [-0.3, -0.25) is 4.79 Å². The summed E-state index contributed by atoms with van der Waals surface area (Å²) < 4.78 is 10.3. The number of carbonyl (C=O) groups is 1. The van der Waals surface area contributed by atoms with E-state index in [1.54, 1.807) is 7.11 Å². The van der Waals surface area contributed by atoms with Crippen LogP contribution in [0.15, 0.2) is 12.1 Å². The number of carbonyl (C=O) groups excluding carboxylic acids is 1. The van der Waals surface area contributed by atoms with E-state index in [9.17, 15) is 4.79 Å². The molecule has 1 aliphatic rings. The Balaban J connectivity index is 2.61. The summed E-state index contributed by atoms with van der Waals surface area (Å²) in [5.74, 6) is 0.946. The molecule has 2 rings (SSSR count). The van der Waals surface area contributed by atoms with Crippen LogP contribution in [0.2, 0.25) is 0 Å². The first-order chi connectivity index (χ1) is 6.63. The van der Waals surface area contributed by atoms with Gasteiger partial charge < -0.3 is 9.47 Å². The number of esters is 1. The second kappa shape index (κ2) is 3.01. The number of benzene rings is 1. The van der Waals surface area contributed by atoms with E-state index in [0.717, 1.165) is 16.9 Å². The zero-order valence-corrected chi connectivity index (χ0v) is 8.46. The zero-order valence-electron chi connectivity index (χ0n) is 8.46. The highest BCUT2D eigenvalue weighted by Gasteiger charge is 2.32. The van der Waals surface area contributed by atoms with Crippen molar-refractivity contribution in [3.63, 3.8) is 0 Å². The standard InChI is InChI=1S/C11H12O3/c1-6-4-8(13-3)10-7(2)11(12)14-9(10)5-6/h4-5,7H,1-3H3. The van der Waals surface area contributed by atoms with Crippen LogP contribution in [0.25, 0.3) is 0 Å². The monoisotopic (exact) mass is 192 g/mol. The fourth-order valence-corrected chi connectivity index (χ4v) is 1.73. The second-order valence-electron chi connectivity index (χ2n) is 3.52. The van der Waals surface area contributed by atoms with Crippen molar-refractivity contribution in [2.75, 3.05) is 7.11 Å². The summed E-state index contributed by atoms with van der Waals surface area (Å²) in [6, 6.07) is 3.77. The second-order valence-corrected chi connectivity index (χ2v) is 3.52. The molecule has 0 saturated heterocycles. The summed E-state index contributed by atoms with van der Waals surface area (Å²) in [5, 5.41) is 0.